The van der Waals surface area contributed by atoms with Crippen LogP contribution in [0.3, 0.4) is 0 Å². The highest BCUT2D eigenvalue weighted by Crippen LogP contribution is 2.44. The normalized spacial score (nSPS) is 17.4. The van der Waals surface area contributed by atoms with Crippen LogP contribution in [0.4, 0.5) is 0 Å². The van der Waals surface area contributed by atoms with Crippen LogP contribution in [-0.2, 0) is 16.0 Å². The second-order valence-electron chi connectivity index (χ2n) is 8.50. The van der Waals surface area contributed by atoms with E-state index in [4.69, 9.17) is 16.3 Å². The predicted octanol–water partition coefficient (Wildman–Crippen LogP) is 6.00. The lowest BCUT2D eigenvalue weighted by atomic mass is 9.95. The Morgan fingerprint density at radius 1 is 1.09 bits per heavy atom. The van der Waals surface area contributed by atoms with Crippen LogP contribution in [-0.4, -0.2) is 35.4 Å². The number of methoxy groups -OCH3 is 1. The maximum absolute atomic E-state index is 13.3. The van der Waals surface area contributed by atoms with E-state index in [9.17, 15) is 14.7 Å². The molecule has 0 bridgehead atoms. The van der Waals surface area contributed by atoms with Crippen molar-refractivity contribution < 1.29 is 19.4 Å². The highest BCUT2D eigenvalue weighted by atomic mass is 35.5. The molecule has 1 saturated heterocycles. The fourth-order valence-corrected chi connectivity index (χ4v) is 5.67. The molecule has 3 aromatic rings. The number of hydrogen-bond donors (Lipinski definition) is 1. The quantitative estimate of drug-likeness (QED) is 0.259. The van der Waals surface area contributed by atoms with E-state index in [1.165, 1.54) is 18.4 Å². The van der Waals surface area contributed by atoms with E-state index < -0.39 is 17.7 Å². The molecule has 5 nitrogen and oxygen atoms in total. The van der Waals surface area contributed by atoms with Crippen molar-refractivity contribution in [1.82, 2.24) is 4.90 Å². The molecule has 1 aromatic heterocycles. The fourth-order valence-electron chi connectivity index (χ4n) is 4.49. The lowest BCUT2D eigenvalue weighted by Gasteiger charge is -2.25. The van der Waals surface area contributed by atoms with Crippen molar-refractivity contribution in [3.8, 4) is 5.75 Å². The largest absolute Gasteiger partial charge is 0.507 e. The van der Waals surface area contributed by atoms with Crippen LogP contribution in [0.25, 0.3) is 5.76 Å². The number of aryl methyl sites for hydroxylation is 3. The SMILES string of the molecule is COc1c(C)cc(C)cc1/C(O)=C1\C(=O)C(=O)N(CCc2ccc(Cl)cc2)C1c1sccc1C. The molecule has 0 saturated carbocycles. The number of ether oxygens (including phenoxy) is 1. The number of halogens is 1. The Kier molecular flexibility index (Phi) is 6.82. The van der Waals surface area contributed by atoms with Gasteiger partial charge in [0.1, 0.15) is 11.5 Å². The topological polar surface area (TPSA) is 66.8 Å². The van der Waals surface area contributed by atoms with Crippen LogP contribution in [0, 0.1) is 20.8 Å². The van der Waals surface area contributed by atoms with Gasteiger partial charge in [-0.3, -0.25) is 9.59 Å². The van der Waals surface area contributed by atoms with E-state index in [1.54, 1.807) is 23.1 Å². The number of aliphatic hydroxyl groups excluding tert-OH is 1. The summed E-state index contributed by atoms with van der Waals surface area (Å²) in [6.07, 6.45) is 0.554. The first-order chi connectivity index (χ1) is 16.2. The molecule has 1 fully saturated rings. The summed E-state index contributed by atoms with van der Waals surface area (Å²) in [5.74, 6) is -1.03. The van der Waals surface area contributed by atoms with Crippen molar-refractivity contribution in [3.63, 3.8) is 0 Å². The molecule has 1 amide bonds. The molecule has 1 N–H and O–H groups in total. The van der Waals surface area contributed by atoms with Gasteiger partial charge in [0, 0.05) is 16.4 Å². The van der Waals surface area contributed by atoms with Crippen LogP contribution in [0.5, 0.6) is 5.75 Å². The summed E-state index contributed by atoms with van der Waals surface area (Å²) >= 11 is 7.47. The van der Waals surface area contributed by atoms with Gasteiger partial charge in [0.25, 0.3) is 11.7 Å². The summed E-state index contributed by atoms with van der Waals surface area (Å²) in [6, 6.07) is 12.4. The van der Waals surface area contributed by atoms with Gasteiger partial charge in [0.05, 0.1) is 24.3 Å². The minimum atomic E-state index is -0.687. The Labute approximate surface area is 208 Å². The smallest absolute Gasteiger partial charge is 0.295 e. The molecule has 1 atom stereocenters. The number of aliphatic hydroxyl groups is 1. The number of carbonyl (C=O) groups is 2. The van der Waals surface area contributed by atoms with Crippen molar-refractivity contribution in [2.45, 2.75) is 33.2 Å². The molecular weight excluding hydrogens is 470 g/mol. The first-order valence-corrected chi connectivity index (χ1v) is 12.2. The summed E-state index contributed by atoms with van der Waals surface area (Å²) in [5.41, 5.74) is 4.23. The van der Waals surface area contributed by atoms with Gasteiger partial charge in [-0.2, -0.15) is 0 Å². The fraction of sp³-hybridized carbons (Fsp3) is 0.259. The summed E-state index contributed by atoms with van der Waals surface area (Å²) in [5, 5.41) is 14.0. The Hall–Kier alpha value is -3.09. The average Bonchev–Trinajstić information content (AvgIpc) is 3.33. The highest BCUT2D eigenvalue weighted by Gasteiger charge is 2.47. The molecular formula is C27H26ClNO4S. The van der Waals surface area contributed by atoms with Gasteiger partial charge in [0.2, 0.25) is 0 Å². The lowest BCUT2D eigenvalue weighted by molar-refractivity contribution is -0.139. The molecule has 2 heterocycles. The molecule has 0 aliphatic carbocycles. The van der Waals surface area contributed by atoms with Crippen molar-refractivity contribution in [2.75, 3.05) is 13.7 Å². The molecule has 0 radical (unpaired) electrons. The summed E-state index contributed by atoms with van der Waals surface area (Å²) in [4.78, 5) is 29.0. The molecule has 1 unspecified atom stereocenters. The maximum atomic E-state index is 13.3. The third kappa shape index (κ3) is 4.36. The number of hydrogen-bond acceptors (Lipinski definition) is 5. The van der Waals surface area contributed by atoms with Crippen molar-refractivity contribution in [1.29, 1.82) is 0 Å². The van der Waals surface area contributed by atoms with Crippen LogP contribution in [0.15, 0.2) is 53.4 Å². The first-order valence-electron chi connectivity index (χ1n) is 11.0. The first kappa shape index (κ1) is 24.0. The number of nitrogens with zero attached hydrogens (tertiary/aromatic N) is 1. The average molecular weight is 496 g/mol. The van der Waals surface area contributed by atoms with Gasteiger partial charge in [-0.05, 0) is 79.1 Å². The number of amides is 1. The number of ketones is 1. The third-order valence-electron chi connectivity index (χ3n) is 6.12. The molecule has 2 aromatic carbocycles. The second kappa shape index (κ2) is 9.65. The Balaban J connectivity index is 1.83. The minimum Gasteiger partial charge on any atom is -0.507 e. The molecule has 4 rings (SSSR count). The molecule has 0 spiro atoms. The van der Waals surface area contributed by atoms with Crippen molar-refractivity contribution in [3.05, 3.63) is 91.1 Å². The van der Waals surface area contributed by atoms with Gasteiger partial charge < -0.3 is 14.7 Å². The van der Waals surface area contributed by atoms with E-state index in [0.717, 1.165) is 27.1 Å². The maximum Gasteiger partial charge on any atom is 0.295 e. The summed E-state index contributed by atoms with van der Waals surface area (Å²) in [7, 11) is 1.53. The van der Waals surface area contributed by atoms with E-state index in [-0.39, 0.29) is 11.3 Å². The number of likely N-dealkylation sites (tertiary alicyclic amines) is 1. The van der Waals surface area contributed by atoms with Crippen LogP contribution in [0.2, 0.25) is 5.02 Å². The van der Waals surface area contributed by atoms with E-state index >= 15 is 0 Å². The zero-order chi connectivity index (χ0) is 24.6. The van der Waals surface area contributed by atoms with E-state index in [0.29, 0.717) is 29.3 Å². The number of thiophene rings is 1. The Bertz CT molecular complexity index is 1290. The standard InChI is InChI=1S/C27H26ClNO4S/c1-15-13-17(3)25(33-4)20(14-15)23(30)21-22(26-16(2)10-12-34-26)29(27(32)24(21)31)11-9-18-5-7-19(28)8-6-18/h5-8,10,12-14,22,30H,9,11H2,1-4H3/b23-21+. The van der Waals surface area contributed by atoms with Crippen LogP contribution < -0.4 is 4.74 Å². The van der Waals surface area contributed by atoms with Gasteiger partial charge >= 0.3 is 0 Å². The van der Waals surface area contributed by atoms with E-state index in [2.05, 4.69) is 0 Å². The molecule has 176 valence electrons. The number of benzene rings is 2. The number of Topliss-reactive ketones (excluding diaryl/α,β-unsaturated/α-hetero) is 1. The molecule has 1 aliphatic heterocycles. The zero-order valence-electron chi connectivity index (χ0n) is 19.5. The molecule has 1 aliphatic rings. The van der Waals surface area contributed by atoms with Crippen molar-refractivity contribution in [2.24, 2.45) is 0 Å². The molecule has 7 heteroatoms. The zero-order valence-corrected chi connectivity index (χ0v) is 21.1. The van der Waals surface area contributed by atoms with Crippen LogP contribution >= 0.6 is 22.9 Å². The predicted molar refractivity (Wildman–Crippen MR) is 136 cm³/mol. The summed E-state index contributed by atoms with van der Waals surface area (Å²) < 4.78 is 5.55. The minimum absolute atomic E-state index is 0.0926. The Morgan fingerprint density at radius 3 is 2.41 bits per heavy atom. The summed E-state index contributed by atoms with van der Waals surface area (Å²) in [6.45, 7) is 6.07. The van der Waals surface area contributed by atoms with Gasteiger partial charge in [-0.15, -0.1) is 11.3 Å². The number of carbonyl (C=O) groups excluding carboxylic acids is 2. The monoisotopic (exact) mass is 495 g/mol. The van der Waals surface area contributed by atoms with Gasteiger partial charge in [-0.25, -0.2) is 0 Å². The van der Waals surface area contributed by atoms with Gasteiger partial charge in [-0.1, -0.05) is 29.8 Å². The second-order valence-corrected chi connectivity index (χ2v) is 9.88. The molecule has 34 heavy (non-hydrogen) atoms. The number of rotatable bonds is 6. The lowest BCUT2D eigenvalue weighted by Crippen LogP contribution is -2.31. The Morgan fingerprint density at radius 2 is 1.79 bits per heavy atom. The highest BCUT2D eigenvalue weighted by molar-refractivity contribution is 7.10. The van der Waals surface area contributed by atoms with Crippen LogP contribution in [0.1, 0.15) is 38.7 Å². The van der Waals surface area contributed by atoms with Gasteiger partial charge in [0.15, 0.2) is 0 Å². The van der Waals surface area contributed by atoms with Crippen molar-refractivity contribution >= 4 is 40.4 Å². The third-order valence-corrected chi connectivity index (χ3v) is 7.45. The van der Waals surface area contributed by atoms with E-state index in [1.807, 2.05) is 50.4 Å².